The molecule has 1 aliphatic rings. The largest absolute Gasteiger partial charge is 0.295 e. The molecule has 0 radical (unpaired) electrons. The molecule has 20 heavy (non-hydrogen) atoms. The van der Waals surface area contributed by atoms with Crippen LogP contribution in [0.2, 0.25) is 5.02 Å². The van der Waals surface area contributed by atoms with Crippen molar-refractivity contribution >= 4 is 35.0 Å². The first-order valence-electron chi connectivity index (χ1n) is 6.10. The highest BCUT2D eigenvalue weighted by atomic mass is 35.5. The molecule has 1 aliphatic heterocycles. The molecule has 2 nitrogen and oxygen atoms in total. The maximum atomic E-state index is 13.0. The van der Waals surface area contributed by atoms with Gasteiger partial charge in [-0.15, -0.1) is 11.8 Å². The Hall–Kier alpha value is -1.52. The minimum Gasteiger partial charge on any atom is -0.295 e. The van der Waals surface area contributed by atoms with E-state index in [9.17, 15) is 9.18 Å². The van der Waals surface area contributed by atoms with E-state index in [4.69, 9.17) is 11.6 Å². The van der Waals surface area contributed by atoms with Gasteiger partial charge in [-0.2, -0.15) is 0 Å². The van der Waals surface area contributed by atoms with Crippen molar-refractivity contribution in [1.29, 1.82) is 0 Å². The van der Waals surface area contributed by atoms with Gasteiger partial charge >= 0.3 is 0 Å². The predicted octanol–water partition coefficient (Wildman–Crippen LogP) is 4.26. The third-order valence-corrected chi connectivity index (χ3v) is 4.68. The second-order valence-corrected chi connectivity index (χ2v) is 5.90. The number of carbonyl (C=O) groups is 1. The van der Waals surface area contributed by atoms with Crippen LogP contribution in [-0.4, -0.2) is 11.7 Å². The van der Waals surface area contributed by atoms with Crippen molar-refractivity contribution in [3.63, 3.8) is 0 Å². The zero-order valence-electron chi connectivity index (χ0n) is 10.4. The van der Waals surface area contributed by atoms with E-state index in [1.807, 2.05) is 24.3 Å². The van der Waals surface area contributed by atoms with Crippen molar-refractivity contribution in [3.8, 4) is 0 Å². The summed E-state index contributed by atoms with van der Waals surface area (Å²) < 4.78 is 13.0. The SMILES string of the molecule is O=C1CS[C@H](c2ccccc2Cl)N1c1ccc(F)cc1. The summed E-state index contributed by atoms with van der Waals surface area (Å²) in [5.41, 5.74) is 1.58. The van der Waals surface area contributed by atoms with Crippen LogP contribution in [0, 0.1) is 5.82 Å². The van der Waals surface area contributed by atoms with Crippen molar-refractivity contribution in [1.82, 2.24) is 0 Å². The second-order valence-electron chi connectivity index (χ2n) is 4.43. The van der Waals surface area contributed by atoms with Crippen LogP contribution in [-0.2, 0) is 4.79 Å². The fourth-order valence-electron chi connectivity index (χ4n) is 2.21. The molecule has 0 aromatic heterocycles. The van der Waals surface area contributed by atoms with Gasteiger partial charge in [0.25, 0.3) is 0 Å². The van der Waals surface area contributed by atoms with Crippen LogP contribution in [0.15, 0.2) is 48.5 Å². The van der Waals surface area contributed by atoms with Crippen LogP contribution < -0.4 is 4.90 Å². The van der Waals surface area contributed by atoms with Gasteiger partial charge in [0.2, 0.25) is 5.91 Å². The van der Waals surface area contributed by atoms with Crippen LogP contribution >= 0.6 is 23.4 Å². The van der Waals surface area contributed by atoms with Crippen LogP contribution in [0.5, 0.6) is 0 Å². The van der Waals surface area contributed by atoms with Crippen LogP contribution in [0.3, 0.4) is 0 Å². The van der Waals surface area contributed by atoms with Crippen molar-refractivity contribution in [2.45, 2.75) is 5.37 Å². The Morgan fingerprint density at radius 2 is 1.85 bits per heavy atom. The van der Waals surface area contributed by atoms with Crippen LogP contribution in [0.25, 0.3) is 0 Å². The van der Waals surface area contributed by atoms with Gasteiger partial charge in [0.1, 0.15) is 11.2 Å². The number of carbonyl (C=O) groups excluding carboxylic acids is 1. The Morgan fingerprint density at radius 1 is 1.15 bits per heavy atom. The molecule has 5 heteroatoms. The van der Waals surface area contributed by atoms with Gasteiger partial charge in [-0.05, 0) is 30.3 Å². The summed E-state index contributed by atoms with van der Waals surface area (Å²) in [6.45, 7) is 0. The zero-order valence-corrected chi connectivity index (χ0v) is 12.0. The molecular weight excluding hydrogens is 297 g/mol. The average molecular weight is 308 g/mol. The highest BCUT2D eigenvalue weighted by Gasteiger charge is 2.34. The van der Waals surface area contributed by atoms with Gasteiger partial charge in [-0.3, -0.25) is 9.69 Å². The van der Waals surface area contributed by atoms with E-state index in [2.05, 4.69) is 0 Å². The van der Waals surface area contributed by atoms with Crippen molar-refractivity contribution in [3.05, 3.63) is 64.9 Å². The Balaban J connectivity index is 2.01. The minimum absolute atomic E-state index is 0.00604. The molecule has 2 aromatic carbocycles. The fourth-order valence-corrected chi connectivity index (χ4v) is 3.73. The Labute approximate surface area is 125 Å². The Morgan fingerprint density at radius 3 is 2.55 bits per heavy atom. The fraction of sp³-hybridized carbons (Fsp3) is 0.133. The molecule has 1 saturated heterocycles. The molecule has 3 rings (SSSR count). The number of halogens is 2. The summed E-state index contributed by atoms with van der Waals surface area (Å²) in [5, 5.41) is 0.466. The summed E-state index contributed by atoms with van der Waals surface area (Å²) in [4.78, 5) is 13.8. The van der Waals surface area contributed by atoms with Gasteiger partial charge in [0.15, 0.2) is 0 Å². The smallest absolute Gasteiger partial charge is 0.238 e. The molecule has 1 heterocycles. The predicted molar refractivity (Wildman–Crippen MR) is 80.5 cm³/mol. The molecule has 0 unspecified atom stereocenters. The minimum atomic E-state index is -0.317. The van der Waals surface area contributed by atoms with E-state index in [1.54, 1.807) is 17.0 Å². The second kappa shape index (κ2) is 5.46. The molecular formula is C15H11ClFNOS. The highest BCUT2D eigenvalue weighted by molar-refractivity contribution is 8.00. The first-order valence-corrected chi connectivity index (χ1v) is 7.53. The summed E-state index contributed by atoms with van der Waals surface area (Å²) in [7, 11) is 0. The number of amides is 1. The first-order chi connectivity index (χ1) is 9.66. The lowest BCUT2D eigenvalue weighted by Gasteiger charge is -2.25. The monoisotopic (exact) mass is 307 g/mol. The molecule has 0 saturated carbocycles. The van der Waals surface area contributed by atoms with Crippen molar-refractivity contribution < 1.29 is 9.18 Å². The first kappa shape index (κ1) is 13.5. The van der Waals surface area contributed by atoms with Crippen molar-refractivity contribution in [2.75, 3.05) is 10.7 Å². The quantitative estimate of drug-likeness (QED) is 0.826. The molecule has 2 aromatic rings. The lowest BCUT2D eigenvalue weighted by molar-refractivity contribution is -0.115. The van der Waals surface area contributed by atoms with Gasteiger partial charge in [-0.25, -0.2) is 4.39 Å². The van der Waals surface area contributed by atoms with Crippen LogP contribution in [0.4, 0.5) is 10.1 Å². The maximum absolute atomic E-state index is 13.0. The van der Waals surface area contributed by atoms with E-state index < -0.39 is 0 Å². The molecule has 1 amide bonds. The lowest BCUT2D eigenvalue weighted by Crippen LogP contribution is -2.27. The number of thioether (sulfide) groups is 1. The van der Waals surface area contributed by atoms with E-state index in [0.717, 1.165) is 5.56 Å². The summed E-state index contributed by atoms with van der Waals surface area (Å²) in [6, 6.07) is 13.4. The normalized spacial score (nSPS) is 18.6. The number of anilines is 1. The van der Waals surface area contributed by atoms with Gasteiger partial charge in [-0.1, -0.05) is 29.8 Å². The van der Waals surface area contributed by atoms with Crippen molar-refractivity contribution in [2.24, 2.45) is 0 Å². The number of hydrogen-bond acceptors (Lipinski definition) is 2. The molecule has 1 atom stereocenters. The van der Waals surface area contributed by atoms with E-state index in [1.165, 1.54) is 23.9 Å². The Kier molecular flexibility index (Phi) is 3.68. The standard InChI is InChI=1S/C15H11ClFNOS/c16-13-4-2-1-3-12(13)15-18(14(19)9-20-15)11-7-5-10(17)6-8-11/h1-8,15H,9H2/t15-/m1/s1. The third kappa shape index (κ3) is 2.41. The number of rotatable bonds is 2. The lowest BCUT2D eigenvalue weighted by atomic mass is 10.2. The van der Waals surface area contributed by atoms with Gasteiger partial charge < -0.3 is 0 Å². The average Bonchev–Trinajstić information content (AvgIpc) is 2.82. The van der Waals surface area contributed by atoms with E-state index in [0.29, 0.717) is 16.5 Å². The van der Waals surface area contributed by atoms with E-state index >= 15 is 0 Å². The van der Waals surface area contributed by atoms with Crippen LogP contribution in [0.1, 0.15) is 10.9 Å². The van der Waals surface area contributed by atoms with Gasteiger partial charge in [0.05, 0.1) is 5.75 Å². The maximum Gasteiger partial charge on any atom is 0.238 e. The summed E-state index contributed by atoms with van der Waals surface area (Å²) >= 11 is 7.74. The zero-order chi connectivity index (χ0) is 14.1. The highest BCUT2D eigenvalue weighted by Crippen LogP contribution is 2.43. The molecule has 0 bridgehead atoms. The number of hydrogen-bond donors (Lipinski definition) is 0. The molecule has 0 spiro atoms. The summed E-state index contributed by atoms with van der Waals surface area (Å²) in [6.07, 6.45) is 0. The van der Waals surface area contributed by atoms with E-state index in [-0.39, 0.29) is 17.1 Å². The third-order valence-electron chi connectivity index (χ3n) is 3.14. The molecule has 0 N–H and O–H groups in total. The number of nitrogens with zero attached hydrogens (tertiary/aromatic N) is 1. The Bertz CT molecular complexity index is 647. The number of benzene rings is 2. The topological polar surface area (TPSA) is 20.3 Å². The molecule has 102 valence electrons. The molecule has 0 aliphatic carbocycles. The molecule has 1 fully saturated rings. The summed E-state index contributed by atoms with van der Waals surface area (Å²) in [5.74, 6) is 0.0849. The van der Waals surface area contributed by atoms with Gasteiger partial charge in [0, 0.05) is 16.3 Å².